The van der Waals surface area contributed by atoms with Crippen LogP contribution in [-0.2, 0) is 19.2 Å². The molecule has 0 bridgehead atoms. The lowest BCUT2D eigenvalue weighted by atomic mass is 9.62. The summed E-state index contributed by atoms with van der Waals surface area (Å²) in [6, 6.07) is 0. The van der Waals surface area contributed by atoms with Gasteiger partial charge in [0.2, 0.25) is 0 Å². The lowest BCUT2D eigenvalue weighted by molar-refractivity contribution is -0.138. The number of amides is 4. The van der Waals surface area contributed by atoms with E-state index in [4.69, 9.17) is 0 Å². The third-order valence-corrected chi connectivity index (χ3v) is 12.1. The summed E-state index contributed by atoms with van der Waals surface area (Å²) in [4.78, 5) is 49.9. The first-order chi connectivity index (χ1) is 24.4. The fourth-order valence-corrected chi connectivity index (χ4v) is 9.15. The van der Waals surface area contributed by atoms with Gasteiger partial charge in [0.1, 0.15) is 0 Å². The Labute approximate surface area is 306 Å². The highest BCUT2D eigenvalue weighted by molar-refractivity contribution is 6.13. The minimum absolute atomic E-state index is 0.152. The molecule has 4 amide bonds. The minimum Gasteiger partial charge on any atom is -0.275 e. The summed E-state index contributed by atoms with van der Waals surface area (Å²) in [7, 11) is 0. The van der Waals surface area contributed by atoms with E-state index in [9.17, 15) is 19.2 Å². The molecule has 1 aliphatic carbocycles. The summed E-state index contributed by atoms with van der Waals surface area (Å²) >= 11 is 0. The monoisotopic (exact) mass is 695 g/mol. The molecule has 3 aliphatic rings. The Hall–Kier alpha value is -2.24. The van der Waals surface area contributed by atoms with Crippen LogP contribution in [0, 0.1) is 23.7 Å². The molecule has 50 heavy (non-hydrogen) atoms. The molecule has 6 nitrogen and oxygen atoms in total. The third-order valence-electron chi connectivity index (χ3n) is 12.1. The molecule has 6 heteroatoms. The van der Waals surface area contributed by atoms with Crippen molar-refractivity contribution in [1.82, 2.24) is 9.80 Å². The predicted molar refractivity (Wildman–Crippen MR) is 206 cm³/mol. The SMILES string of the molecule is CCCCCCCCC1C(CCCCCC)CC(CCCCCCCCN2C(=O)C=CC2=O)CC1CCCCCCCCN1C(=O)C=CC1=O. The van der Waals surface area contributed by atoms with E-state index < -0.39 is 0 Å². The predicted octanol–water partition coefficient (Wildman–Crippen LogP) is 11.3. The lowest BCUT2D eigenvalue weighted by Crippen LogP contribution is -2.33. The van der Waals surface area contributed by atoms with Crippen molar-refractivity contribution >= 4 is 23.6 Å². The number of carbonyl (C=O) groups is 4. The highest BCUT2D eigenvalue weighted by atomic mass is 16.2. The Morgan fingerprint density at radius 2 is 0.740 bits per heavy atom. The summed E-state index contributed by atoms with van der Waals surface area (Å²) < 4.78 is 0. The molecule has 2 heterocycles. The molecule has 0 spiro atoms. The second kappa shape index (κ2) is 25.7. The second-order valence-electron chi connectivity index (χ2n) is 16.1. The molecule has 0 aromatic heterocycles. The number of unbranched alkanes of at least 4 members (excludes halogenated alkanes) is 18. The molecular formula is C44H74N2O4. The van der Waals surface area contributed by atoms with Crippen molar-refractivity contribution in [3.63, 3.8) is 0 Å². The zero-order chi connectivity index (χ0) is 35.8. The van der Waals surface area contributed by atoms with Crippen molar-refractivity contribution in [2.75, 3.05) is 13.1 Å². The first-order valence-electron chi connectivity index (χ1n) is 21.5. The van der Waals surface area contributed by atoms with Crippen molar-refractivity contribution in [3.8, 4) is 0 Å². The first kappa shape index (κ1) is 42.2. The van der Waals surface area contributed by atoms with E-state index >= 15 is 0 Å². The van der Waals surface area contributed by atoms with Gasteiger partial charge in [-0.1, -0.05) is 162 Å². The van der Waals surface area contributed by atoms with Crippen LogP contribution in [-0.4, -0.2) is 46.5 Å². The van der Waals surface area contributed by atoms with Gasteiger partial charge in [0.05, 0.1) is 0 Å². The van der Waals surface area contributed by atoms with E-state index in [1.807, 2.05) is 0 Å². The molecule has 0 radical (unpaired) electrons. The fourth-order valence-electron chi connectivity index (χ4n) is 9.15. The standard InChI is InChI=1S/C44H74N2O4/c1-3-5-7-9-16-22-28-40-38(26-20-8-6-4-2)35-37(25-19-14-10-12-17-23-33-45-41(47)29-30-42(45)48)36-39(40)27-21-15-11-13-18-24-34-46-43(49)31-32-44(46)50/h29-32,37-40H,3-28,33-36H2,1-2H3. The van der Waals surface area contributed by atoms with E-state index in [0.29, 0.717) is 13.1 Å². The van der Waals surface area contributed by atoms with Gasteiger partial charge in [0, 0.05) is 37.4 Å². The number of carbonyl (C=O) groups excluding carboxylic acids is 4. The Balaban J connectivity index is 1.42. The van der Waals surface area contributed by atoms with Crippen LogP contribution in [0.3, 0.4) is 0 Å². The van der Waals surface area contributed by atoms with Gasteiger partial charge in [-0.05, 0) is 55.8 Å². The zero-order valence-electron chi connectivity index (χ0n) is 32.4. The average molecular weight is 695 g/mol. The molecule has 2 aliphatic heterocycles. The highest BCUT2D eigenvalue weighted by Gasteiger charge is 2.36. The van der Waals surface area contributed by atoms with Crippen LogP contribution in [0.5, 0.6) is 0 Å². The number of nitrogens with zero attached hydrogens (tertiary/aromatic N) is 2. The van der Waals surface area contributed by atoms with E-state index in [2.05, 4.69) is 13.8 Å². The normalized spacial score (nSPS) is 22.2. The summed E-state index contributed by atoms with van der Waals surface area (Å²) in [5.74, 6) is 3.02. The summed E-state index contributed by atoms with van der Waals surface area (Å²) in [6.07, 6.45) is 42.3. The van der Waals surface area contributed by atoms with Crippen LogP contribution < -0.4 is 0 Å². The smallest absolute Gasteiger partial charge is 0.253 e. The van der Waals surface area contributed by atoms with E-state index in [-0.39, 0.29) is 23.6 Å². The van der Waals surface area contributed by atoms with Gasteiger partial charge in [0.25, 0.3) is 23.6 Å². The number of rotatable bonds is 30. The van der Waals surface area contributed by atoms with Crippen LogP contribution in [0.15, 0.2) is 24.3 Å². The molecule has 4 unspecified atom stereocenters. The third kappa shape index (κ3) is 16.0. The Kier molecular flexibility index (Phi) is 21.7. The van der Waals surface area contributed by atoms with E-state index in [1.165, 1.54) is 188 Å². The summed E-state index contributed by atoms with van der Waals surface area (Å²) in [6.45, 7) is 5.77. The van der Waals surface area contributed by atoms with Gasteiger partial charge in [-0.2, -0.15) is 0 Å². The maximum absolute atomic E-state index is 11.8. The number of hydrogen-bond donors (Lipinski definition) is 0. The van der Waals surface area contributed by atoms with Crippen molar-refractivity contribution < 1.29 is 19.2 Å². The molecule has 4 atom stereocenters. The van der Waals surface area contributed by atoms with E-state index in [1.54, 1.807) is 0 Å². The zero-order valence-corrected chi connectivity index (χ0v) is 32.4. The van der Waals surface area contributed by atoms with Crippen LogP contribution in [0.2, 0.25) is 0 Å². The van der Waals surface area contributed by atoms with Crippen molar-refractivity contribution in [1.29, 1.82) is 0 Å². The maximum Gasteiger partial charge on any atom is 0.253 e. The van der Waals surface area contributed by atoms with Gasteiger partial charge in [-0.15, -0.1) is 0 Å². The molecular weight excluding hydrogens is 620 g/mol. The van der Waals surface area contributed by atoms with Crippen LogP contribution in [0.1, 0.15) is 194 Å². The molecule has 3 rings (SSSR count). The van der Waals surface area contributed by atoms with Crippen LogP contribution in [0.4, 0.5) is 0 Å². The van der Waals surface area contributed by atoms with Gasteiger partial charge >= 0.3 is 0 Å². The molecule has 1 fully saturated rings. The number of hydrogen-bond acceptors (Lipinski definition) is 4. The molecule has 0 N–H and O–H groups in total. The highest BCUT2D eigenvalue weighted by Crippen LogP contribution is 2.47. The molecule has 0 aromatic rings. The van der Waals surface area contributed by atoms with Crippen LogP contribution >= 0.6 is 0 Å². The summed E-state index contributed by atoms with van der Waals surface area (Å²) in [5, 5.41) is 0. The quantitative estimate of drug-likeness (QED) is 0.0554. The first-order valence-corrected chi connectivity index (χ1v) is 21.5. The van der Waals surface area contributed by atoms with Crippen molar-refractivity contribution in [3.05, 3.63) is 24.3 Å². The van der Waals surface area contributed by atoms with Crippen molar-refractivity contribution in [2.45, 2.75) is 194 Å². The Bertz CT molecular complexity index is 1010. The topological polar surface area (TPSA) is 74.8 Å². The van der Waals surface area contributed by atoms with Crippen LogP contribution in [0.25, 0.3) is 0 Å². The van der Waals surface area contributed by atoms with E-state index in [0.717, 1.165) is 49.4 Å². The van der Waals surface area contributed by atoms with Gasteiger partial charge < -0.3 is 0 Å². The maximum atomic E-state index is 11.8. The average Bonchev–Trinajstić information content (AvgIpc) is 3.61. The van der Waals surface area contributed by atoms with Gasteiger partial charge in [-0.3, -0.25) is 29.0 Å². The molecule has 1 saturated carbocycles. The van der Waals surface area contributed by atoms with Gasteiger partial charge in [-0.25, -0.2) is 0 Å². The Morgan fingerprint density at radius 3 is 1.16 bits per heavy atom. The Morgan fingerprint density at radius 1 is 0.420 bits per heavy atom. The lowest BCUT2D eigenvalue weighted by Gasteiger charge is -2.43. The second-order valence-corrected chi connectivity index (χ2v) is 16.1. The van der Waals surface area contributed by atoms with Crippen molar-refractivity contribution in [2.24, 2.45) is 23.7 Å². The minimum atomic E-state index is -0.153. The van der Waals surface area contributed by atoms with Gasteiger partial charge in [0.15, 0.2) is 0 Å². The molecule has 0 aromatic carbocycles. The fraction of sp³-hybridized carbons (Fsp3) is 0.818. The molecule has 284 valence electrons. The largest absolute Gasteiger partial charge is 0.275 e. The summed E-state index contributed by atoms with van der Waals surface area (Å²) in [5.41, 5.74) is 0. The molecule has 0 saturated heterocycles. The number of imide groups is 2.